The van der Waals surface area contributed by atoms with Crippen molar-refractivity contribution in [3.63, 3.8) is 0 Å². The Bertz CT molecular complexity index is 1810. The zero-order chi connectivity index (χ0) is 30.5. The first-order valence-electron chi connectivity index (χ1n) is 13.6. The largest absolute Gasteiger partial charge is 0.493 e. The molecule has 0 unspecified atom stereocenters. The smallest absolute Gasteiger partial charge is 0.292 e. The number of nitrogens with zero attached hydrogens (tertiary/aromatic N) is 7. The van der Waals surface area contributed by atoms with E-state index in [1.54, 1.807) is 13.2 Å². The third-order valence-corrected chi connectivity index (χ3v) is 7.60. The Morgan fingerprint density at radius 2 is 1.98 bits per heavy atom. The van der Waals surface area contributed by atoms with Gasteiger partial charge in [-0.2, -0.15) is 9.78 Å². The van der Waals surface area contributed by atoms with Gasteiger partial charge in [-0.15, -0.1) is 5.10 Å². The van der Waals surface area contributed by atoms with Crippen molar-refractivity contribution in [3.8, 4) is 17.3 Å². The predicted molar refractivity (Wildman–Crippen MR) is 164 cm³/mol. The average Bonchev–Trinajstić information content (AvgIpc) is 3.66. The number of carbonyl (C=O) groups is 1. The van der Waals surface area contributed by atoms with Crippen LogP contribution in [-0.4, -0.2) is 75.7 Å². The maximum atomic E-state index is 13.4. The van der Waals surface area contributed by atoms with Crippen LogP contribution in [0.2, 0.25) is 0 Å². The Kier molecular flexibility index (Phi) is 8.76. The molecular formula is C29H28BrN9O5. The molecule has 1 amide bonds. The van der Waals surface area contributed by atoms with Gasteiger partial charge in [-0.3, -0.25) is 9.69 Å². The molecule has 3 N–H and O–H groups in total. The van der Waals surface area contributed by atoms with Crippen LogP contribution in [-0.2, 0) is 17.9 Å². The summed E-state index contributed by atoms with van der Waals surface area (Å²) in [6, 6.07) is 17.8. The van der Waals surface area contributed by atoms with Crippen LogP contribution in [0, 0.1) is 0 Å². The van der Waals surface area contributed by atoms with Crippen molar-refractivity contribution >= 4 is 44.6 Å². The predicted octanol–water partition coefficient (Wildman–Crippen LogP) is 3.33. The topological polar surface area (TPSA) is 168 Å². The minimum atomic E-state index is -0.571. The number of anilines is 1. The Balaban J connectivity index is 1.19. The molecule has 14 nitrogen and oxygen atoms in total. The van der Waals surface area contributed by atoms with E-state index < -0.39 is 5.91 Å². The van der Waals surface area contributed by atoms with Crippen LogP contribution in [0.1, 0.15) is 27.3 Å². The summed E-state index contributed by atoms with van der Waals surface area (Å²) >= 11 is 3.59. The number of ether oxygens (including phenoxy) is 3. The summed E-state index contributed by atoms with van der Waals surface area (Å²) in [5, 5.41) is 22.1. The van der Waals surface area contributed by atoms with Crippen LogP contribution in [0.4, 0.5) is 5.82 Å². The normalized spacial score (nSPS) is 13.9. The van der Waals surface area contributed by atoms with Gasteiger partial charge in [-0.05, 0) is 60.3 Å². The van der Waals surface area contributed by atoms with Crippen LogP contribution in [0.25, 0.3) is 16.6 Å². The molecule has 0 spiro atoms. The lowest BCUT2D eigenvalue weighted by Gasteiger charge is -2.25. The van der Waals surface area contributed by atoms with Crippen LogP contribution in [0.15, 0.2) is 68.8 Å². The van der Waals surface area contributed by atoms with E-state index >= 15 is 0 Å². The van der Waals surface area contributed by atoms with E-state index in [2.05, 4.69) is 70.2 Å². The highest BCUT2D eigenvalue weighted by atomic mass is 79.9. The minimum Gasteiger partial charge on any atom is -0.493 e. The number of nitrogen functional groups attached to an aromatic ring is 1. The van der Waals surface area contributed by atoms with Gasteiger partial charge in [-0.1, -0.05) is 47.7 Å². The van der Waals surface area contributed by atoms with E-state index in [1.807, 2.05) is 30.3 Å². The highest BCUT2D eigenvalue weighted by Crippen LogP contribution is 2.37. The summed E-state index contributed by atoms with van der Waals surface area (Å²) in [6.07, 6.45) is 1.49. The van der Waals surface area contributed by atoms with Gasteiger partial charge in [0.05, 0.1) is 31.0 Å². The molecule has 1 fully saturated rings. The zero-order valence-corrected chi connectivity index (χ0v) is 25.2. The maximum absolute atomic E-state index is 13.4. The molecule has 2 aromatic heterocycles. The first kappa shape index (κ1) is 29.2. The van der Waals surface area contributed by atoms with Crippen LogP contribution in [0.5, 0.6) is 11.5 Å². The number of rotatable bonds is 10. The molecule has 0 bridgehead atoms. The Morgan fingerprint density at radius 3 is 2.77 bits per heavy atom. The van der Waals surface area contributed by atoms with Crippen molar-refractivity contribution in [3.05, 3.63) is 81.6 Å². The van der Waals surface area contributed by atoms with Gasteiger partial charge in [-0.25, -0.2) is 10.1 Å². The molecule has 15 heteroatoms. The summed E-state index contributed by atoms with van der Waals surface area (Å²) < 4.78 is 23.8. The second-order valence-electron chi connectivity index (χ2n) is 9.82. The van der Waals surface area contributed by atoms with E-state index in [1.165, 1.54) is 10.9 Å². The number of fused-ring (bicyclic) bond motifs is 1. The number of halogens is 1. The van der Waals surface area contributed by atoms with E-state index in [9.17, 15) is 4.79 Å². The number of hydrogen-bond donors (Lipinski definition) is 2. The lowest BCUT2D eigenvalue weighted by Crippen LogP contribution is -2.36. The van der Waals surface area contributed by atoms with Gasteiger partial charge in [0.2, 0.25) is 11.6 Å². The van der Waals surface area contributed by atoms with E-state index in [0.29, 0.717) is 66.7 Å². The van der Waals surface area contributed by atoms with Gasteiger partial charge in [0, 0.05) is 19.6 Å². The third-order valence-electron chi connectivity index (χ3n) is 7.01. The Morgan fingerprint density at radius 1 is 1.16 bits per heavy atom. The second-order valence-corrected chi connectivity index (χ2v) is 10.7. The van der Waals surface area contributed by atoms with E-state index in [4.69, 9.17) is 24.6 Å². The highest BCUT2D eigenvalue weighted by Gasteiger charge is 2.26. The molecule has 0 aliphatic carbocycles. The lowest BCUT2D eigenvalue weighted by molar-refractivity contribution is 0.0335. The van der Waals surface area contributed by atoms with Gasteiger partial charge in [0.25, 0.3) is 5.91 Å². The number of benzene rings is 3. The first-order chi connectivity index (χ1) is 21.5. The summed E-state index contributed by atoms with van der Waals surface area (Å²) in [6.45, 7) is 3.28. The van der Waals surface area contributed by atoms with Gasteiger partial charge in [0.1, 0.15) is 12.3 Å². The van der Waals surface area contributed by atoms with Crippen LogP contribution >= 0.6 is 15.9 Å². The molecule has 1 saturated heterocycles. The number of carbonyl (C=O) groups excluding carboxylic acids is 1. The monoisotopic (exact) mass is 661 g/mol. The van der Waals surface area contributed by atoms with Gasteiger partial charge in [0.15, 0.2) is 17.2 Å². The molecule has 0 saturated carbocycles. The number of nitrogens with one attached hydrogen (secondary N) is 1. The molecule has 3 aromatic carbocycles. The maximum Gasteiger partial charge on any atom is 0.292 e. The van der Waals surface area contributed by atoms with Crippen molar-refractivity contribution in [1.82, 2.24) is 35.6 Å². The van der Waals surface area contributed by atoms with Crippen molar-refractivity contribution in [2.45, 2.75) is 13.2 Å². The van der Waals surface area contributed by atoms with Crippen LogP contribution < -0.4 is 20.6 Å². The van der Waals surface area contributed by atoms with Crippen LogP contribution in [0.3, 0.4) is 0 Å². The fourth-order valence-electron chi connectivity index (χ4n) is 4.84. The van der Waals surface area contributed by atoms with Crippen molar-refractivity contribution in [1.29, 1.82) is 0 Å². The zero-order valence-electron chi connectivity index (χ0n) is 23.6. The summed E-state index contributed by atoms with van der Waals surface area (Å²) in [5.41, 5.74) is 10.6. The number of aromatic nitrogens is 5. The number of nitrogens with two attached hydrogens (primary N) is 1. The van der Waals surface area contributed by atoms with Crippen molar-refractivity contribution < 1.29 is 23.6 Å². The summed E-state index contributed by atoms with van der Waals surface area (Å²) in [5.74, 6) is 0.482. The molecule has 1 aliphatic heterocycles. The molecule has 6 rings (SSSR count). The number of methoxy groups -OCH3 is 1. The molecular weight excluding hydrogens is 634 g/mol. The number of hydrogen-bond acceptors (Lipinski definition) is 12. The highest BCUT2D eigenvalue weighted by molar-refractivity contribution is 9.10. The second kappa shape index (κ2) is 13.2. The number of morpholine rings is 1. The van der Waals surface area contributed by atoms with Crippen molar-refractivity contribution in [2.24, 2.45) is 5.10 Å². The molecule has 0 atom stereocenters. The quantitative estimate of drug-likeness (QED) is 0.166. The van der Waals surface area contributed by atoms with Gasteiger partial charge >= 0.3 is 0 Å². The molecule has 226 valence electrons. The Hall–Kier alpha value is -4.86. The summed E-state index contributed by atoms with van der Waals surface area (Å²) in [7, 11) is 1.56. The molecule has 44 heavy (non-hydrogen) atoms. The summed E-state index contributed by atoms with van der Waals surface area (Å²) in [4.78, 5) is 15.5. The molecule has 1 aliphatic rings. The molecule has 5 aromatic rings. The fourth-order valence-corrected chi connectivity index (χ4v) is 5.42. The Labute approximate surface area is 259 Å². The first-order valence-corrected chi connectivity index (χ1v) is 14.4. The van der Waals surface area contributed by atoms with Crippen molar-refractivity contribution in [2.75, 3.05) is 39.1 Å². The SMILES string of the molecule is COc1cc(/C=N\NC(=O)c2c(CN3CCOCC3)nnn2-c2nonc2N)cc(Br)c1OCc1cccc2ccccc12. The molecule has 3 heterocycles. The van der Waals surface area contributed by atoms with E-state index in [0.717, 1.165) is 16.3 Å². The average molecular weight is 663 g/mol. The molecule has 0 radical (unpaired) electrons. The number of amides is 1. The number of hydrazone groups is 1. The third kappa shape index (κ3) is 6.24. The van der Waals surface area contributed by atoms with E-state index in [-0.39, 0.29) is 17.3 Å². The minimum absolute atomic E-state index is 0.0370. The van der Waals surface area contributed by atoms with Gasteiger partial charge < -0.3 is 19.9 Å². The standard InChI is InChI=1S/C29H28BrN9O5/c1-41-24-14-18(13-22(30)26(24)43-17-20-7-4-6-19-5-2-3-8-21(19)20)15-32-34-29(40)25-23(16-38-9-11-42-12-10-38)33-37-39(25)28-27(31)35-44-36-28/h2-8,13-15H,9-12,16-17H2,1H3,(H2,31,35)(H,34,40)/b32-15-. The lowest BCUT2D eigenvalue weighted by atomic mass is 10.1. The fraction of sp³-hybridized carbons (Fsp3) is 0.241.